The molecule has 132 valence electrons. The van der Waals surface area contributed by atoms with Gasteiger partial charge in [-0.25, -0.2) is 0 Å². The number of carbonyl (C=O) groups is 1. The van der Waals surface area contributed by atoms with Gasteiger partial charge in [0.2, 0.25) is 11.2 Å². The van der Waals surface area contributed by atoms with Gasteiger partial charge in [0.25, 0.3) is 0 Å². The Balaban J connectivity index is 1.64. The average Bonchev–Trinajstić information content (AvgIpc) is 3.50. The van der Waals surface area contributed by atoms with Gasteiger partial charge in [-0.1, -0.05) is 12.1 Å². The van der Waals surface area contributed by atoms with Crippen LogP contribution >= 0.6 is 0 Å². The van der Waals surface area contributed by atoms with Crippen molar-refractivity contribution < 1.29 is 23.4 Å². The van der Waals surface area contributed by atoms with E-state index in [0.29, 0.717) is 28.2 Å². The first kappa shape index (κ1) is 16.2. The summed E-state index contributed by atoms with van der Waals surface area (Å²) in [6, 6.07) is 11.7. The molecule has 1 aromatic heterocycles. The normalized spacial score (nSPS) is 13.4. The maximum Gasteiger partial charge on any atom is 0.314 e. The van der Waals surface area contributed by atoms with Crippen molar-refractivity contribution in [2.45, 2.75) is 12.8 Å². The minimum absolute atomic E-state index is 0.00525. The fourth-order valence-electron chi connectivity index (χ4n) is 2.57. The summed E-state index contributed by atoms with van der Waals surface area (Å²) in [5.41, 5.74) is 0.000647. The highest BCUT2D eigenvalue weighted by atomic mass is 16.5. The topological polar surface area (TPSA) is 75.0 Å². The summed E-state index contributed by atoms with van der Waals surface area (Å²) in [4.78, 5) is 24.4. The number of fused-ring (bicyclic) bond motifs is 1. The predicted octanol–water partition coefficient (Wildman–Crippen LogP) is 3.91. The van der Waals surface area contributed by atoms with Gasteiger partial charge >= 0.3 is 5.97 Å². The fourth-order valence-corrected chi connectivity index (χ4v) is 2.57. The molecule has 26 heavy (non-hydrogen) atoms. The molecule has 0 aliphatic heterocycles. The Morgan fingerprint density at radius 2 is 1.85 bits per heavy atom. The van der Waals surface area contributed by atoms with Crippen molar-refractivity contribution in [1.29, 1.82) is 0 Å². The van der Waals surface area contributed by atoms with Gasteiger partial charge in [0.05, 0.1) is 18.4 Å². The molecular formula is C20H16O6. The second kappa shape index (κ2) is 6.55. The summed E-state index contributed by atoms with van der Waals surface area (Å²) in [5.74, 6) is 1.07. The first-order chi connectivity index (χ1) is 12.7. The van der Waals surface area contributed by atoms with E-state index in [4.69, 9.17) is 18.6 Å². The molecule has 6 nitrogen and oxygen atoms in total. The zero-order valence-electron chi connectivity index (χ0n) is 14.1. The second-order valence-corrected chi connectivity index (χ2v) is 6.04. The number of methoxy groups -OCH3 is 1. The molecule has 0 unspecified atom stereocenters. The first-order valence-electron chi connectivity index (χ1n) is 8.24. The molecule has 2 aromatic carbocycles. The average molecular weight is 352 g/mol. The summed E-state index contributed by atoms with van der Waals surface area (Å²) in [6.07, 6.45) is 2.97. The standard InChI is InChI=1S/C20H16O6/c1-23-15-4-2-3-5-16(15)26-18-11-24-17-10-13(8-9-14(17)19(18)21)25-20(22)12-6-7-12/h2-5,8-12H,6-7H2,1H3. The third kappa shape index (κ3) is 3.13. The third-order valence-corrected chi connectivity index (χ3v) is 4.13. The summed E-state index contributed by atoms with van der Waals surface area (Å²) >= 11 is 0. The number of carbonyl (C=O) groups excluding carboxylic acids is 1. The number of ether oxygens (including phenoxy) is 3. The lowest BCUT2D eigenvalue weighted by molar-refractivity contribution is -0.135. The highest BCUT2D eigenvalue weighted by Crippen LogP contribution is 2.32. The molecule has 0 amide bonds. The maximum atomic E-state index is 12.7. The van der Waals surface area contributed by atoms with Crippen LogP contribution in [0.5, 0.6) is 23.0 Å². The Morgan fingerprint density at radius 3 is 2.58 bits per heavy atom. The Hall–Kier alpha value is -3.28. The Morgan fingerprint density at radius 1 is 1.08 bits per heavy atom. The van der Waals surface area contributed by atoms with Gasteiger partial charge in [-0.05, 0) is 37.1 Å². The summed E-state index contributed by atoms with van der Waals surface area (Å²) in [6.45, 7) is 0. The van der Waals surface area contributed by atoms with E-state index in [1.54, 1.807) is 36.4 Å². The van der Waals surface area contributed by atoms with Gasteiger partial charge in [0.1, 0.15) is 17.6 Å². The van der Waals surface area contributed by atoms with E-state index in [1.165, 1.54) is 19.4 Å². The van der Waals surface area contributed by atoms with Crippen molar-refractivity contribution in [3.8, 4) is 23.0 Å². The lowest BCUT2D eigenvalue weighted by Crippen LogP contribution is -2.10. The van der Waals surface area contributed by atoms with E-state index in [0.717, 1.165) is 12.8 Å². The van der Waals surface area contributed by atoms with Crippen LogP contribution in [0.2, 0.25) is 0 Å². The molecule has 1 saturated carbocycles. The van der Waals surface area contributed by atoms with Crippen LogP contribution in [0.1, 0.15) is 12.8 Å². The minimum Gasteiger partial charge on any atom is -0.493 e. The van der Waals surface area contributed by atoms with Crippen molar-refractivity contribution in [3.63, 3.8) is 0 Å². The quantitative estimate of drug-likeness (QED) is 0.512. The zero-order chi connectivity index (χ0) is 18.1. The van der Waals surface area contributed by atoms with Crippen LogP contribution in [0.25, 0.3) is 11.0 Å². The van der Waals surface area contributed by atoms with Crippen LogP contribution in [0.4, 0.5) is 0 Å². The second-order valence-electron chi connectivity index (χ2n) is 6.04. The molecule has 0 bridgehead atoms. The van der Waals surface area contributed by atoms with Crippen LogP contribution in [0, 0.1) is 5.92 Å². The monoisotopic (exact) mass is 352 g/mol. The van der Waals surface area contributed by atoms with E-state index in [-0.39, 0.29) is 23.1 Å². The lowest BCUT2D eigenvalue weighted by atomic mass is 10.2. The summed E-state index contributed by atoms with van der Waals surface area (Å²) in [7, 11) is 1.52. The molecule has 1 aliphatic carbocycles. The van der Waals surface area contributed by atoms with Crippen LogP contribution < -0.4 is 19.6 Å². The van der Waals surface area contributed by atoms with Gasteiger partial charge < -0.3 is 18.6 Å². The molecule has 1 fully saturated rings. The van der Waals surface area contributed by atoms with Gasteiger partial charge in [-0.15, -0.1) is 0 Å². The first-order valence-corrected chi connectivity index (χ1v) is 8.24. The van der Waals surface area contributed by atoms with Gasteiger partial charge in [-0.3, -0.25) is 9.59 Å². The molecule has 6 heteroatoms. The Labute approximate surface area is 148 Å². The van der Waals surface area contributed by atoms with Crippen molar-refractivity contribution in [3.05, 3.63) is 59.0 Å². The predicted molar refractivity (Wildman–Crippen MR) is 93.9 cm³/mol. The molecule has 0 N–H and O–H groups in total. The van der Waals surface area contributed by atoms with E-state index in [1.807, 2.05) is 0 Å². The molecule has 1 heterocycles. The molecule has 1 aliphatic rings. The zero-order valence-corrected chi connectivity index (χ0v) is 14.1. The highest BCUT2D eigenvalue weighted by molar-refractivity contribution is 5.82. The Bertz CT molecular complexity index is 1030. The molecule has 0 saturated heterocycles. The van der Waals surface area contributed by atoms with Crippen LogP contribution in [0.3, 0.4) is 0 Å². The lowest BCUT2D eigenvalue weighted by Gasteiger charge is -2.09. The molecule has 4 rings (SSSR count). The largest absolute Gasteiger partial charge is 0.493 e. The van der Waals surface area contributed by atoms with E-state index < -0.39 is 0 Å². The molecule has 0 radical (unpaired) electrons. The van der Waals surface area contributed by atoms with Crippen LogP contribution in [-0.2, 0) is 4.79 Å². The maximum absolute atomic E-state index is 12.7. The summed E-state index contributed by atoms with van der Waals surface area (Å²) < 4.78 is 21.7. The van der Waals surface area contributed by atoms with Gasteiger partial charge in [-0.2, -0.15) is 0 Å². The minimum atomic E-state index is -0.322. The van der Waals surface area contributed by atoms with Crippen LogP contribution in [-0.4, -0.2) is 13.1 Å². The number of esters is 1. The number of hydrogen-bond acceptors (Lipinski definition) is 6. The molecule has 0 spiro atoms. The van der Waals surface area contributed by atoms with Crippen LogP contribution in [0.15, 0.2) is 57.9 Å². The van der Waals surface area contributed by atoms with Crippen molar-refractivity contribution >= 4 is 16.9 Å². The molecule has 0 atom stereocenters. The van der Waals surface area contributed by atoms with E-state index >= 15 is 0 Å². The number of hydrogen-bond donors (Lipinski definition) is 0. The molecule has 3 aromatic rings. The SMILES string of the molecule is COc1ccccc1Oc1coc2cc(OC(=O)C3CC3)ccc2c1=O. The smallest absolute Gasteiger partial charge is 0.314 e. The Kier molecular flexibility index (Phi) is 4.08. The van der Waals surface area contributed by atoms with Gasteiger partial charge in [0.15, 0.2) is 11.5 Å². The molecular weight excluding hydrogens is 336 g/mol. The van der Waals surface area contributed by atoms with Crippen molar-refractivity contribution in [2.75, 3.05) is 7.11 Å². The summed E-state index contributed by atoms with van der Waals surface area (Å²) in [5, 5.41) is 0.337. The van der Waals surface area contributed by atoms with Crippen molar-refractivity contribution in [2.24, 2.45) is 5.92 Å². The number of para-hydroxylation sites is 2. The fraction of sp³-hybridized carbons (Fsp3) is 0.200. The highest BCUT2D eigenvalue weighted by Gasteiger charge is 2.31. The van der Waals surface area contributed by atoms with E-state index in [9.17, 15) is 9.59 Å². The van der Waals surface area contributed by atoms with E-state index in [2.05, 4.69) is 0 Å². The van der Waals surface area contributed by atoms with Gasteiger partial charge in [0, 0.05) is 6.07 Å². The number of benzene rings is 2. The van der Waals surface area contributed by atoms with Crippen molar-refractivity contribution in [1.82, 2.24) is 0 Å². The number of rotatable bonds is 5. The third-order valence-electron chi connectivity index (χ3n) is 4.13.